The van der Waals surface area contributed by atoms with Gasteiger partial charge in [-0.2, -0.15) is 0 Å². The van der Waals surface area contributed by atoms with Gasteiger partial charge in [-0.25, -0.2) is 13.2 Å². The summed E-state index contributed by atoms with van der Waals surface area (Å²) in [5, 5.41) is 4.65. The smallest absolute Gasteiger partial charge is 0.243 e. The van der Waals surface area contributed by atoms with Crippen LogP contribution in [-0.4, -0.2) is 12.5 Å². The molecule has 0 fully saturated rings. The Kier molecular flexibility index (Phi) is 4.85. The van der Waals surface area contributed by atoms with Crippen LogP contribution in [0.2, 0.25) is 0 Å². The number of hydrogen-bond donors (Lipinski definition) is 2. The van der Waals surface area contributed by atoms with Crippen LogP contribution in [0.4, 0.5) is 24.5 Å². The van der Waals surface area contributed by atoms with Crippen LogP contribution in [0.25, 0.3) is 0 Å². The summed E-state index contributed by atoms with van der Waals surface area (Å²) in [6, 6.07) is 7.43. The first kappa shape index (κ1) is 15.4. The molecule has 0 saturated carbocycles. The van der Waals surface area contributed by atoms with E-state index in [-0.39, 0.29) is 12.2 Å². The van der Waals surface area contributed by atoms with Crippen molar-refractivity contribution >= 4 is 33.2 Å². The second-order valence-corrected chi connectivity index (χ2v) is 5.04. The molecule has 0 bridgehead atoms. The minimum atomic E-state index is -0.878. The normalized spacial score (nSPS) is 10.3. The van der Waals surface area contributed by atoms with Crippen molar-refractivity contribution in [3.63, 3.8) is 0 Å². The molecule has 7 heteroatoms. The molecule has 2 aromatic rings. The molecule has 0 aromatic heterocycles. The van der Waals surface area contributed by atoms with E-state index in [9.17, 15) is 18.0 Å². The van der Waals surface area contributed by atoms with Crippen molar-refractivity contribution in [3.8, 4) is 0 Å². The lowest BCUT2D eigenvalue weighted by molar-refractivity contribution is -0.114. The molecule has 0 aliphatic rings. The van der Waals surface area contributed by atoms with E-state index in [4.69, 9.17) is 0 Å². The number of carbonyl (C=O) groups excluding carboxylic acids is 1. The van der Waals surface area contributed by atoms with E-state index in [2.05, 4.69) is 26.6 Å². The summed E-state index contributed by atoms with van der Waals surface area (Å²) in [5.74, 6) is -2.99. The van der Waals surface area contributed by atoms with Crippen molar-refractivity contribution in [3.05, 3.63) is 58.3 Å². The number of amides is 1. The fourth-order valence-corrected chi connectivity index (χ4v) is 1.97. The molecule has 1 amide bonds. The second kappa shape index (κ2) is 6.62. The highest BCUT2D eigenvalue weighted by atomic mass is 79.9. The Hall–Kier alpha value is -2.02. The van der Waals surface area contributed by atoms with Gasteiger partial charge in [0, 0.05) is 4.47 Å². The third kappa shape index (κ3) is 3.98. The van der Waals surface area contributed by atoms with E-state index in [1.807, 2.05) is 0 Å². The predicted molar refractivity (Wildman–Crippen MR) is 77.6 cm³/mol. The Morgan fingerprint density at radius 2 is 1.71 bits per heavy atom. The number of rotatable bonds is 4. The molecule has 0 heterocycles. The van der Waals surface area contributed by atoms with Crippen LogP contribution in [0.1, 0.15) is 0 Å². The van der Waals surface area contributed by atoms with Crippen LogP contribution >= 0.6 is 15.9 Å². The Morgan fingerprint density at radius 3 is 2.38 bits per heavy atom. The molecule has 0 saturated heterocycles. The zero-order valence-corrected chi connectivity index (χ0v) is 12.2. The third-order valence-electron chi connectivity index (χ3n) is 2.59. The number of anilines is 2. The summed E-state index contributed by atoms with van der Waals surface area (Å²) < 4.78 is 40.8. The fourth-order valence-electron chi connectivity index (χ4n) is 1.61. The van der Waals surface area contributed by atoms with Gasteiger partial charge in [0.2, 0.25) is 5.91 Å². The van der Waals surface area contributed by atoms with Gasteiger partial charge in [-0.1, -0.05) is 22.0 Å². The maximum atomic E-state index is 13.4. The number of carbonyl (C=O) groups is 1. The molecule has 21 heavy (non-hydrogen) atoms. The summed E-state index contributed by atoms with van der Waals surface area (Å²) >= 11 is 3.17. The quantitative estimate of drug-likeness (QED) is 0.869. The first-order valence-electron chi connectivity index (χ1n) is 5.90. The summed E-state index contributed by atoms with van der Waals surface area (Å²) in [6.07, 6.45) is 0. The lowest BCUT2D eigenvalue weighted by atomic mass is 10.3. The highest BCUT2D eigenvalue weighted by molar-refractivity contribution is 9.10. The average Bonchev–Trinajstić information content (AvgIpc) is 2.44. The van der Waals surface area contributed by atoms with Gasteiger partial charge in [0.15, 0.2) is 0 Å². The van der Waals surface area contributed by atoms with E-state index in [0.29, 0.717) is 4.47 Å². The van der Waals surface area contributed by atoms with Crippen molar-refractivity contribution in [2.24, 2.45) is 0 Å². The maximum Gasteiger partial charge on any atom is 0.243 e. The molecule has 2 N–H and O–H groups in total. The SMILES string of the molecule is O=C(CNc1cc(Br)ccc1F)Nc1c(F)cccc1F. The zero-order chi connectivity index (χ0) is 15.4. The molecular formula is C14H10BrF3N2O. The first-order valence-corrected chi connectivity index (χ1v) is 6.69. The molecule has 110 valence electrons. The molecule has 0 unspecified atom stereocenters. The molecule has 0 aliphatic carbocycles. The Morgan fingerprint density at radius 1 is 1.05 bits per heavy atom. The van der Waals surface area contributed by atoms with Crippen LogP contribution in [0.5, 0.6) is 0 Å². The van der Waals surface area contributed by atoms with Crippen molar-refractivity contribution < 1.29 is 18.0 Å². The van der Waals surface area contributed by atoms with Gasteiger partial charge >= 0.3 is 0 Å². The molecular weight excluding hydrogens is 349 g/mol. The van der Waals surface area contributed by atoms with Crippen LogP contribution in [-0.2, 0) is 4.79 Å². The van der Waals surface area contributed by atoms with Crippen molar-refractivity contribution in [1.82, 2.24) is 0 Å². The van der Waals surface area contributed by atoms with Crippen LogP contribution in [0.15, 0.2) is 40.9 Å². The largest absolute Gasteiger partial charge is 0.374 e. The molecule has 2 rings (SSSR count). The van der Waals surface area contributed by atoms with Gasteiger partial charge in [0.05, 0.1) is 12.2 Å². The van der Waals surface area contributed by atoms with Crippen molar-refractivity contribution in [2.75, 3.05) is 17.2 Å². The average molecular weight is 359 g/mol. The maximum absolute atomic E-state index is 13.4. The topological polar surface area (TPSA) is 41.1 Å². The standard InChI is InChI=1S/C14H10BrF3N2O/c15-8-4-5-9(16)12(6-8)19-7-13(21)20-14-10(17)2-1-3-11(14)18/h1-6,19H,7H2,(H,20,21). The lowest BCUT2D eigenvalue weighted by Gasteiger charge is -2.10. The number of nitrogens with one attached hydrogen (secondary N) is 2. The zero-order valence-electron chi connectivity index (χ0n) is 10.6. The van der Waals surface area contributed by atoms with Crippen LogP contribution in [0.3, 0.4) is 0 Å². The molecule has 0 radical (unpaired) electrons. The summed E-state index contributed by atoms with van der Waals surface area (Å²) in [6.45, 7) is -0.332. The Labute approximate surface area is 127 Å². The van der Waals surface area contributed by atoms with Crippen LogP contribution < -0.4 is 10.6 Å². The monoisotopic (exact) mass is 358 g/mol. The Balaban J connectivity index is 2.01. The summed E-state index contributed by atoms with van der Waals surface area (Å²) in [7, 11) is 0. The summed E-state index contributed by atoms with van der Waals surface area (Å²) in [5.41, 5.74) is -0.424. The number of halogens is 4. The third-order valence-corrected chi connectivity index (χ3v) is 3.09. The highest BCUT2D eigenvalue weighted by Gasteiger charge is 2.12. The minimum Gasteiger partial charge on any atom is -0.374 e. The molecule has 0 aliphatic heterocycles. The van der Waals surface area contributed by atoms with E-state index in [1.54, 1.807) is 0 Å². The first-order chi connectivity index (χ1) is 9.97. The molecule has 0 spiro atoms. The van der Waals surface area contributed by atoms with Crippen molar-refractivity contribution in [2.45, 2.75) is 0 Å². The predicted octanol–water partition coefficient (Wildman–Crippen LogP) is 3.92. The van der Waals surface area contributed by atoms with Crippen molar-refractivity contribution in [1.29, 1.82) is 0 Å². The molecule has 2 aromatic carbocycles. The van der Waals surface area contributed by atoms with Gasteiger partial charge in [0.25, 0.3) is 0 Å². The molecule has 0 atom stereocenters. The second-order valence-electron chi connectivity index (χ2n) is 4.12. The minimum absolute atomic E-state index is 0.105. The highest BCUT2D eigenvalue weighted by Crippen LogP contribution is 2.20. The lowest BCUT2D eigenvalue weighted by Crippen LogP contribution is -2.23. The summed E-state index contributed by atoms with van der Waals surface area (Å²) in [4.78, 5) is 11.6. The van der Waals surface area contributed by atoms with E-state index in [0.717, 1.165) is 12.1 Å². The van der Waals surface area contributed by atoms with Gasteiger partial charge in [-0.15, -0.1) is 0 Å². The van der Waals surface area contributed by atoms with E-state index < -0.39 is 29.0 Å². The molecule has 3 nitrogen and oxygen atoms in total. The van der Waals surface area contributed by atoms with Gasteiger partial charge in [0.1, 0.15) is 23.1 Å². The van der Waals surface area contributed by atoms with Crippen LogP contribution in [0, 0.1) is 17.5 Å². The Bertz CT molecular complexity index is 659. The van der Waals surface area contributed by atoms with Gasteiger partial charge in [-0.3, -0.25) is 4.79 Å². The van der Waals surface area contributed by atoms with E-state index in [1.165, 1.54) is 24.3 Å². The fraction of sp³-hybridized carbons (Fsp3) is 0.0714. The number of hydrogen-bond acceptors (Lipinski definition) is 2. The number of benzene rings is 2. The van der Waals surface area contributed by atoms with Gasteiger partial charge in [-0.05, 0) is 30.3 Å². The van der Waals surface area contributed by atoms with E-state index >= 15 is 0 Å². The number of para-hydroxylation sites is 1. The van der Waals surface area contributed by atoms with Gasteiger partial charge < -0.3 is 10.6 Å².